The molecule has 5 N–H and O–H groups in total. The van der Waals surface area contributed by atoms with Crippen molar-refractivity contribution in [2.45, 2.75) is 32.1 Å². The van der Waals surface area contributed by atoms with Gasteiger partial charge in [-0.25, -0.2) is 24.6 Å². The number of hydrogen-bond donors (Lipinski definition) is 4. The van der Waals surface area contributed by atoms with Gasteiger partial charge in [-0.3, -0.25) is 13.6 Å². The predicted molar refractivity (Wildman–Crippen MR) is 124 cm³/mol. The van der Waals surface area contributed by atoms with Gasteiger partial charge in [0.1, 0.15) is 43.4 Å². The molecular formula is C14H17Cl6N6O6P. The Bertz CT molecular complexity index is 999. The highest BCUT2D eigenvalue weighted by atomic mass is 35.6. The topological polar surface area (TPSA) is 167 Å². The van der Waals surface area contributed by atoms with E-state index >= 15 is 0 Å². The Labute approximate surface area is 217 Å². The van der Waals surface area contributed by atoms with Gasteiger partial charge in [-0.05, 0) is 0 Å². The first-order valence-electron chi connectivity index (χ1n) is 8.91. The van der Waals surface area contributed by atoms with E-state index < -0.39 is 53.1 Å². The third-order valence-corrected chi connectivity index (χ3v) is 6.44. The molecule has 3 heterocycles. The quantitative estimate of drug-likeness (QED) is 0.257. The Morgan fingerprint density at radius 2 is 1.70 bits per heavy atom. The maximum Gasteiger partial charge on any atom is 0.405 e. The molecule has 1 aliphatic rings. The number of alkyl halides is 6. The summed E-state index contributed by atoms with van der Waals surface area (Å²) in [5.74, 6) is 0.128. The van der Waals surface area contributed by atoms with Gasteiger partial charge in [0.25, 0.3) is 0 Å². The number of nitrogens with zero attached hydrogens (tertiary/aromatic N) is 4. The van der Waals surface area contributed by atoms with Crippen molar-refractivity contribution < 1.29 is 28.6 Å². The zero-order valence-corrected chi connectivity index (χ0v) is 21.6. The normalized spacial score (nSPS) is 24.6. The van der Waals surface area contributed by atoms with Gasteiger partial charge in [-0.2, -0.15) is 0 Å². The number of hydrogen-bond acceptors (Lipinski definition) is 10. The molecule has 3 rings (SSSR count). The molecule has 1 fully saturated rings. The average Bonchev–Trinajstić information content (AvgIpc) is 3.25. The Morgan fingerprint density at radius 1 is 1.09 bits per heavy atom. The Morgan fingerprint density at radius 3 is 2.27 bits per heavy atom. The Balaban J connectivity index is 1.72. The van der Waals surface area contributed by atoms with Crippen LogP contribution in [0, 0.1) is 0 Å². The summed E-state index contributed by atoms with van der Waals surface area (Å²) >= 11 is 33.8. The van der Waals surface area contributed by atoms with E-state index in [1.807, 2.05) is 0 Å². The molecule has 2 aromatic rings. The summed E-state index contributed by atoms with van der Waals surface area (Å²) < 4.78 is 26.5. The lowest BCUT2D eigenvalue weighted by atomic mass is 10.1. The molecular weight excluding hydrogens is 592 g/mol. The minimum absolute atomic E-state index is 0.128. The van der Waals surface area contributed by atoms with Crippen LogP contribution in [-0.2, 0) is 18.3 Å². The molecule has 12 nitrogen and oxygen atoms in total. The van der Waals surface area contributed by atoms with Gasteiger partial charge >= 0.3 is 7.75 Å². The van der Waals surface area contributed by atoms with Crippen molar-refractivity contribution in [3.8, 4) is 0 Å². The number of aliphatic hydroxyl groups is 2. The molecule has 0 aliphatic carbocycles. The van der Waals surface area contributed by atoms with Crippen LogP contribution in [0.5, 0.6) is 0 Å². The molecule has 0 unspecified atom stereocenters. The summed E-state index contributed by atoms with van der Waals surface area (Å²) in [4.78, 5) is 12.0. The summed E-state index contributed by atoms with van der Waals surface area (Å²) in [5.41, 5.74) is 6.33. The fraction of sp³-hybridized carbons (Fsp3) is 0.643. The zero-order valence-electron chi connectivity index (χ0n) is 16.2. The Kier molecular flexibility index (Phi) is 8.88. The molecule has 0 radical (unpaired) electrons. The monoisotopic (exact) mass is 606 g/mol. The first-order chi connectivity index (χ1) is 15.2. The molecule has 1 aliphatic heterocycles. The molecule has 0 aromatic carbocycles. The van der Waals surface area contributed by atoms with Gasteiger partial charge in [0.05, 0.1) is 6.33 Å². The van der Waals surface area contributed by atoms with Crippen LogP contribution in [0.4, 0.5) is 5.82 Å². The lowest BCUT2D eigenvalue weighted by Gasteiger charge is -2.24. The van der Waals surface area contributed by atoms with Crippen molar-refractivity contribution in [1.29, 1.82) is 0 Å². The van der Waals surface area contributed by atoms with E-state index in [1.165, 1.54) is 17.2 Å². The van der Waals surface area contributed by atoms with Crippen molar-refractivity contribution in [3.05, 3.63) is 12.7 Å². The standard InChI is InChI=1S/C14H17Cl6N6O6P/c15-13(16,17)2-30-33(29,31-3-14(18,19)20)25-1-6-8(27)9(28)12(32-6)26-5-24-7-10(21)22-4-23-11(7)26/h4-6,8-9,12,27-28H,1-3H2,(H,25,29)(H2,21,22,23)/t6-,8-,9-,12-/m1/s1. The van der Waals surface area contributed by atoms with Crippen LogP contribution in [0.15, 0.2) is 12.7 Å². The smallest absolute Gasteiger partial charge is 0.387 e. The van der Waals surface area contributed by atoms with Crippen molar-refractivity contribution in [3.63, 3.8) is 0 Å². The van der Waals surface area contributed by atoms with E-state index in [2.05, 4.69) is 20.0 Å². The second kappa shape index (κ2) is 10.6. The fourth-order valence-corrected chi connectivity index (χ4v) is 5.00. The number of aliphatic hydroxyl groups excluding tert-OH is 2. The molecule has 33 heavy (non-hydrogen) atoms. The van der Waals surface area contributed by atoms with E-state index in [-0.39, 0.29) is 23.5 Å². The lowest BCUT2D eigenvalue weighted by Crippen LogP contribution is -2.37. The number of nitrogens with one attached hydrogen (secondary N) is 1. The van der Waals surface area contributed by atoms with Gasteiger partial charge in [0.2, 0.25) is 7.59 Å². The highest BCUT2D eigenvalue weighted by Crippen LogP contribution is 2.48. The number of fused-ring (bicyclic) bond motifs is 1. The molecule has 186 valence electrons. The van der Waals surface area contributed by atoms with E-state index in [9.17, 15) is 14.8 Å². The average molecular weight is 609 g/mol. The number of rotatable bonds is 8. The molecule has 1 saturated heterocycles. The second-order valence-electron chi connectivity index (χ2n) is 6.77. The van der Waals surface area contributed by atoms with E-state index in [4.69, 9.17) is 89.1 Å². The Hall–Kier alpha value is 0.0800. The molecule has 0 spiro atoms. The third kappa shape index (κ3) is 7.29. The lowest BCUT2D eigenvalue weighted by molar-refractivity contribution is -0.0334. The molecule has 2 aromatic heterocycles. The van der Waals surface area contributed by atoms with Crippen LogP contribution < -0.4 is 10.8 Å². The van der Waals surface area contributed by atoms with Crippen molar-refractivity contribution in [2.24, 2.45) is 0 Å². The number of imidazole rings is 1. The molecule has 19 heteroatoms. The maximum atomic E-state index is 13.0. The summed E-state index contributed by atoms with van der Waals surface area (Å²) in [6, 6.07) is 0. The summed E-state index contributed by atoms with van der Waals surface area (Å²) in [7, 11) is -4.22. The van der Waals surface area contributed by atoms with Crippen molar-refractivity contribution >= 4 is 94.3 Å². The summed E-state index contributed by atoms with van der Waals surface area (Å²) in [6.07, 6.45) is -2.49. The first-order valence-corrected chi connectivity index (χ1v) is 12.7. The van der Waals surface area contributed by atoms with Crippen LogP contribution in [0.25, 0.3) is 11.2 Å². The van der Waals surface area contributed by atoms with Crippen molar-refractivity contribution in [2.75, 3.05) is 25.5 Å². The van der Waals surface area contributed by atoms with Gasteiger partial charge in [-0.15, -0.1) is 0 Å². The van der Waals surface area contributed by atoms with E-state index in [0.29, 0.717) is 0 Å². The largest absolute Gasteiger partial charge is 0.405 e. The maximum absolute atomic E-state index is 13.0. The van der Waals surface area contributed by atoms with Crippen molar-refractivity contribution in [1.82, 2.24) is 24.6 Å². The zero-order chi connectivity index (χ0) is 24.6. The predicted octanol–water partition coefficient (Wildman–Crippen LogP) is 2.50. The summed E-state index contributed by atoms with van der Waals surface area (Å²) in [6.45, 7) is -1.61. The van der Waals surface area contributed by atoms with Gasteiger partial charge in [0, 0.05) is 6.54 Å². The summed E-state index contributed by atoms with van der Waals surface area (Å²) in [5, 5.41) is 23.4. The van der Waals surface area contributed by atoms with Crippen LogP contribution in [0.3, 0.4) is 0 Å². The van der Waals surface area contributed by atoms with Gasteiger partial charge < -0.3 is 20.7 Å². The van der Waals surface area contributed by atoms with Gasteiger partial charge in [0.15, 0.2) is 17.7 Å². The number of halogens is 6. The minimum atomic E-state index is -4.22. The van der Waals surface area contributed by atoms with Gasteiger partial charge in [-0.1, -0.05) is 69.6 Å². The third-order valence-electron chi connectivity index (χ3n) is 4.28. The van der Waals surface area contributed by atoms with Crippen LogP contribution in [-0.4, -0.2) is 75.4 Å². The highest BCUT2D eigenvalue weighted by molar-refractivity contribution is 7.51. The number of anilines is 1. The number of aromatic nitrogens is 4. The van der Waals surface area contributed by atoms with Crippen LogP contribution >= 0.6 is 77.4 Å². The molecule has 0 bridgehead atoms. The SMILES string of the molecule is Nc1ncnc2c1ncn2[C@@H]1O[C@H](CNP(=O)(OCC(Cl)(Cl)Cl)OCC(Cl)(Cl)Cl)[C@@H](O)[C@H]1O. The molecule has 4 atom stereocenters. The van der Waals surface area contributed by atoms with E-state index in [0.717, 1.165) is 0 Å². The molecule has 0 saturated carbocycles. The number of nitrogens with two attached hydrogens (primary N) is 1. The molecule has 0 amide bonds. The first kappa shape index (κ1) is 27.7. The second-order valence-corrected chi connectivity index (χ2v) is 13.6. The fourth-order valence-electron chi connectivity index (χ4n) is 2.83. The van der Waals surface area contributed by atoms with E-state index in [1.54, 1.807) is 0 Å². The van der Waals surface area contributed by atoms with Crippen LogP contribution in [0.1, 0.15) is 6.23 Å². The van der Waals surface area contributed by atoms with Crippen LogP contribution in [0.2, 0.25) is 0 Å². The minimum Gasteiger partial charge on any atom is -0.387 e. The highest BCUT2D eigenvalue weighted by Gasteiger charge is 2.45. The number of ether oxygens (including phenoxy) is 1. The number of nitrogen functional groups attached to an aromatic ring is 1.